The smallest absolute Gasteiger partial charge is 0.0629 e. The van der Waals surface area contributed by atoms with E-state index in [0.717, 1.165) is 0 Å². The number of hydrogen-bond donors (Lipinski definition) is 0. The molecule has 7 aromatic carbocycles. The fraction of sp³-hybridized carbons (Fsp3) is 0.0435. The van der Waals surface area contributed by atoms with Crippen molar-refractivity contribution in [2.45, 2.75) is 12.0 Å². The van der Waals surface area contributed by atoms with Crippen molar-refractivity contribution in [3.05, 3.63) is 188 Å². The van der Waals surface area contributed by atoms with Crippen LogP contribution in [0.3, 0.4) is 0 Å². The van der Waals surface area contributed by atoms with E-state index < -0.39 is 0 Å². The Morgan fingerprint density at radius 1 is 0.438 bits per heavy atom. The number of rotatable bonds is 4. The molecule has 8 aromatic rings. The fourth-order valence-corrected chi connectivity index (χ4v) is 8.09. The second-order valence-corrected chi connectivity index (χ2v) is 12.9. The van der Waals surface area contributed by atoms with Crippen molar-refractivity contribution in [3.8, 4) is 27.9 Å². The number of nitrogens with zero attached hydrogens (tertiary/aromatic N) is 2. The summed E-state index contributed by atoms with van der Waals surface area (Å²) in [6.45, 7) is 0. The van der Waals surface area contributed by atoms with Crippen molar-refractivity contribution < 1.29 is 0 Å². The molecule has 1 aromatic heterocycles. The van der Waals surface area contributed by atoms with E-state index in [1.54, 1.807) is 0 Å². The van der Waals surface area contributed by atoms with E-state index in [0.29, 0.717) is 0 Å². The summed E-state index contributed by atoms with van der Waals surface area (Å²) >= 11 is 0. The predicted octanol–water partition coefficient (Wildman–Crippen LogP) is 12.0. The van der Waals surface area contributed by atoms with Crippen molar-refractivity contribution in [1.29, 1.82) is 0 Å². The van der Waals surface area contributed by atoms with Crippen LogP contribution in [-0.4, -0.2) is 10.6 Å². The van der Waals surface area contributed by atoms with Crippen LogP contribution in [-0.2, 0) is 0 Å². The quantitative estimate of drug-likeness (QED) is 0.192. The van der Waals surface area contributed by atoms with Crippen molar-refractivity contribution in [3.63, 3.8) is 0 Å². The lowest BCUT2D eigenvalue weighted by Crippen LogP contribution is -2.28. The van der Waals surface area contributed by atoms with E-state index in [-0.39, 0.29) is 12.0 Å². The van der Waals surface area contributed by atoms with Gasteiger partial charge in [-0.25, -0.2) is 0 Å². The molecule has 1 aliphatic heterocycles. The molecule has 2 heterocycles. The van der Waals surface area contributed by atoms with Crippen LogP contribution in [0.25, 0.3) is 60.5 Å². The Balaban J connectivity index is 1.11. The molecular weight excluding hydrogens is 581 g/mol. The maximum absolute atomic E-state index is 2.55. The predicted molar refractivity (Wildman–Crippen MR) is 203 cm³/mol. The number of hydrogen-bond acceptors (Lipinski definition) is 1. The summed E-state index contributed by atoms with van der Waals surface area (Å²) < 4.78 is 2.41. The van der Waals surface area contributed by atoms with Crippen LogP contribution < -0.4 is 4.90 Å². The molecule has 2 heteroatoms. The third kappa shape index (κ3) is 4.13. The monoisotopic (exact) mass is 612 g/mol. The molecule has 1 aliphatic carbocycles. The second kappa shape index (κ2) is 10.7. The Labute approximate surface area is 280 Å². The van der Waals surface area contributed by atoms with Crippen molar-refractivity contribution in [2.24, 2.45) is 0 Å². The minimum Gasteiger partial charge on any atom is -0.333 e. The third-order valence-electron chi connectivity index (χ3n) is 10.3. The van der Waals surface area contributed by atoms with Gasteiger partial charge >= 0.3 is 0 Å². The topological polar surface area (TPSA) is 8.17 Å². The van der Waals surface area contributed by atoms with E-state index in [2.05, 4.69) is 191 Å². The van der Waals surface area contributed by atoms with Crippen molar-refractivity contribution in [1.82, 2.24) is 4.57 Å². The summed E-state index contributed by atoms with van der Waals surface area (Å²) in [5.41, 5.74) is 12.5. The second-order valence-electron chi connectivity index (χ2n) is 12.9. The molecule has 2 nitrogen and oxygen atoms in total. The highest BCUT2D eigenvalue weighted by Crippen LogP contribution is 2.51. The zero-order valence-corrected chi connectivity index (χ0v) is 26.4. The summed E-state index contributed by atoms with van der Waals surface area (Å²) in [6.07, 6.45) is 9.14. The maximum Gasteiger partial charge on any atom is 0.0629 e. The summed E-state index contributed by atoms with van der Waals surface area (Å²) in [7, 11) is 0. The minimum atomic E-state index is 0.229. The molecule has 0 saturated heterocycles. The fourth-order valence-electron chi connectivity index (χ4n) is 8.09. The first-order valence-corrected chi connectivity index (χ1v) is 16.8. The maximum atomic E-state index is 2.55. The van der Waals surface area contributed by atoms with Crippen LogP contribution in [0.2, 0.25) is 0 Å². The molecule has 0 spiro atoms. The van der Waals surface area contributed by atoms with Crippen LogP contribution in [0.4, 0.5) is 11.4 Å². The lowest BCUT2D eigenvalue weighted by Gasteiger charge is -2.30. The Kier molecular flexibility index (Phi) is 6.04. The summed E-state index contributed by atoms with van der Waals surface area (Å²) in [4.78, 5) is 2.55. The third-order valence-corrected chi connectivity index (χ3v) is 10.3. The van der Waals surface area contributed by atoms with Gasteiger partial charge in [-0.1, -0.05) is 133 Å². The van der Waals surface area contributed by atoms with Gasteiger partial charge in [-0.15, -0.1) is 0 Å². The zero-order valence-electron chi connectivity index (χ0n) is 26.4. The highest BCUT2D eigenvalue weighted by Gasteiger charge is 2.38. The first-order valence-electron chi connectivity index (χ1n) is 16.8. The number of benzene rings is 7. The van der Waals surface area contributed by atoms with Crippen LogP contribution in [0.15, 0.2) is 182 Å². The highest BCUT2D eigenvalue weighted by atomic mass is 15.2. The highest BCUT2D eigenvalue weighted by molar-refractivity contribution is 6.10. The summed E-state index contributed by atoms with van der Waals surface area (Å²) in [5, 5.41) is 5.05. The molecule has 0 amide bonds. The van der Waals surface area contributed by atoms with Gasteiger partial charge in [-0.3, -0.25) is 0 Å². The number of anilines is 2. The van der Waals surface area contributed by atoms with Gasteiger partial charge in [0.2, 0.25) is 0 Å². The van der Waals surface area contributed by atoms with E-state index in [1.807, 2.05) is 0 Å². The number of para-hydroxylation sites is 2. The van der Waals surface area contributed by atoms with E-state index >= 15 is 0 Å². The zero-order chi connectivity index (χ0) is 31.6. The van der Waals surface area contributed by atoms with Crippen LogP contribution in [0.1, 0.15) is 11.5 Å². The molecule has 2 atom stereocenters. The molecule has 0 bridgehead atoms. The lowest BCUT2D eigenvalue weighted by molar-refractivity contribution is 0.745. The molecule has 48 heavy (non-hydrogen) atoms. The standard InChI is InChI=1S/C46H32N2/c1-2-13-32(14-3-1)37-16-6-9-19-42(37)48-44-21-11-8-18-39(44)41-30-35(24-27-46(41)48)34-23-26-45-40(29-34)38-17-7-10-20-43(38)47(45)36-25-22-31-12-4-5-15-33(31)28-36/h1-30,39,44H. The van der Waals surface area contributed by atoms with Crippen LogP contribution in [0, 0.1) is 0 Å². The molecule has 0 saturated carbocycles. The first-order chi connectivity index (χ1) is 23.8. The average molecular weight is 613 g/mol. The molecule has 2 aliphatic rings. The SMILES string of the molecule is C1=CC2c3cc(-c4ccc5c(c4)c4ccccc4n5-c4ccc5ccccc5c4)ccc3N(c3ccccc3-c3ccccc3)C2C=C1. The number of allylic oxidation sites excluding steroid dienone is 2. The Bertz CT molecular complexity index is 2590. The summed E-state index contributed by atoms with van der Waals surface area (Å²) in [5.74, 6) is 0.285. The van der Waals surface area contributed by atoms with Crippen LogP contribution in [0.5, 0.6) is 0 Å². The van der Waals surface area contributed by atoms with Crippen molar-refractivity contribution >= 4 is 44.0 Å². The minimum absolute atomic E-state index is 0.229. The van der Waals surface area contributed by atoms with Gasteiger partial charge in [0.1, 0.15) is 0 Å². The number of fused-ring (bicyclic) bond motifs is 7. The molecule has 0 N–H and O–H groups in total. The van der Waals surface area contributed by atoms with Gasteiger partial charge in [0.15, 0.2) is 0 Å². The molecule has 10 rings (SSSR count). The van der Waals surface area contributed by atoms with Gasteiger partial charge in [-0.05, 0) is 81.6 Å². The molecule has 226 valence electrons. The Hall–Kier alpha value is -6.12. The largest absolute Gasteiger partial charge is 0.333 e. The number of aromatic nitrogens is 1. The first kappa shape index (κ1) is 27.0. The normalized spacial score (nSPS) is 16.5. The Morgan fingerprint density at radius 2 is 1.17 bits per heavy atom. The summed E-state index contributed by atoms with van der Waals surface area (Å²) in [6, 6.07) is 58.1. The van der Waals surface area contributed by atoms with Crippen molar-refractivity contribution in [2.75, 3.05) is 4.90 Å². The van der Waals surface area contributed by atoms with Gasteiger partial charge in [-0.2, -0.15) is 0 Å². The van der Waals surface area contributed by atoms with Gasteiger partial charge in [0.05, 0.1) is 17.1 Å². The van der Waals surface area contributed by atoms with Gasteiger partial charge < -0.3 is 9.47 Å². The Morgan fingerprint density at radius 3 is 2.10 bits per heavy atom. The van der Waals surface area contributed by atoms with Gasteiger partial charge in [0, 0.05) is 39.3 Å². The van der Waals surface area contributed by atoms with Gasteiger partial charge in [0.25, 0.3) is 0 Å². The molecular formula is C46H32N2. The van der Waals surface area contributed by atoms with Crippen LogP contribution >= 0.6 is 0 Å². The van der Waals surface area contributed by atoms with E-state index in [4.69, 9.17) is 0 Å². The molecule has 0 radical (unpaired) electrons. The molecule has 2 unspecified atom stereocenters. The average Bonchev–Trinajstić information content (AvgIpc) is 3.67. The molecule has 0 fully saturated rings. The van der Waals surface area contributed by atoms with E-state index in [9.17, 15) is 0 Å². The lowest BCUT2D eigenvalue weighted by atomic mass is 9.89. The van der Waals surface area contributed by atoms with E-state index in [1.165, 1.54) is 77.5 Å².